The molecule has 2 rings (SSSR count). The first-order chi connectivity index (χ1) is 10.1. The van der Waals surface area contributed by atoms with Crippen LogP contribution in [0.5, 0.6) is 5.75 Å². The van der Waals surface area contributed by atoms with Crippen molar-refractivity contribution in [2.45, 2.75) is 25.8 Å². The second-order valence-corrected chi connectivity index (χ2v) is 5.20. The molecule has 21 heavy (non-hydrogen) atoms. The molecule has 0 aromatic heterocycles. The lowest BCUT2D eigenvalue weighted by atomic mass is 10.1. The lowest BCUT2D eigenvalue weighted by Gasteiger charge is -2.23. The lowest BCUT2D eigenvalue weighted by Crippen LogP contribution is -2.38. The minimum absolute atomic E-state index is 0.0177. The van der Waals surface area contributed by atoms with Crippen molar-refractivity contribution in [3.63, 3.8) is 0 Å². The SMILES string of the molecule is COc1ccc(/C=C(/C)C(=O)N2CCCC2CO)cc1F. The number of amides is 1. The summed E-state index contributed by atoms with van der Waals surface area (Å²) in [6.07, 6.45) is 3.38. The van der Waals surface area contributed by atoms with Gasteiger partial charge in [0.15, 0.2) is 11.6 Å². The van der Waals surface area contributed by atoms with Gasteiger partial charge in [-0.15, -0.1) is 0 Å². The van der Waals surface area contributed by atoms with Gasteiger partial charge < -0.3 is 14.7 Å². The maximum atomic E-state index is 13.6. The van der Waals surface area contributed by atoms with Crippen LogP contribution in [0.1, 0.15) is 25.3 Å². The molecule has 0 saturated carbocycles. The minimum atomic E-state index is -0.457. The molecule has 1 aliphatic heterocycles. The Kier molecular flexibility index (Phi) is 4.96. The molecule has 0 bridgehead atoms. The molecule has 1 N–H and O–H groups in total. The summed E-state index contributed by atoms with van der Waals surface area (Å²) >= 11 is 0. The quantitative estimate of drug-likeness (QED) is 0.866. The van der Waals surface area contributed by atoms with E-state index in [-0.39, 0.29) is 24.3 Å². The second-order valence-electron chi connectivity index (χ2n) is 5.20. The molecule has 1 atom stereocenters. The molecule has 1 amide bonds. The second kappa shape index (κ2) is 6.72. The Morgan fingerprint density at radius 2 is 2.33 bits per heavy atom. The number of hydrogen-bond donors (Lipinski definition) is 1. The third-order valence-corrected chi connectivity index (χ3v) is 3.75. The molecule has 114 valence electrons. The number of rotatable bonds is 4. The van der Waals surface area contributed by atoms with Crippen molar-refractivity contribution in [1.29, 1.82) is 0 Å². The molecular weight excluding hydrogens is 273 g/mol. The molecule has 1 heterocycles. The monoisotopic (exact) mass is 293 g/mol. The minimum Gasteiger partial charge on any atom is -0.494 e. The summed E-state index contributed by atoms with van der Waals surface area (Å²) in [5.74, 6) is -0.389. The Hall–Kier alpha value is -1.88. The van der Waals surface area contributed by atoms with Crippen molar-refractivity contribution in [1.82, 2.24) is 4.90 Å². The van der Waals surface area contributed by atoms with Crippen LogP contribution in [0.2, 0.25) is 0 Å². The number of nitrogens with zero attached hydrogens (tertiary/aromatic N) is 1. The van der Waals surface area contributed by atoms with Gasteiger partial charge in [-0.1, -0.05) is 6.07 Å². The van der Waals surface area contributed by atoms with E-state index in [0.717, 1.165) is 12.8 Å². The van der Waals surface area contributed by atoms with E-state index in [0.29, 0.717) is 17.7 Å². The van der Waals surface area contributed by atoms with Gasteiger partial charge in [-0.25, -0.2) is 4.39 Å². The highest BCUT2D eigenvalue weighted by atomic mass is 19.1. The molecule has 0 spiro atoms. The molecule has 4 nitrogen and oxygen atoms in total. The predicted molar refractivity (Wildman–Crippen MR) is 78.4 cm³/mol. The van der Waals surface area contributed by atoms with Crippen LogP contribution in [-0.2, 0) is 4.79 Å². The van der Waals surface area contributed by atoms with Crippen molar-refractivity contribution in [2.75, 3.05) is 20.3 Å². The predicted octanol–water partition coefficient (Wildman–Crippen LogP) is 2.22. The van der Waals surface area contributed by atoms with Gasteiger partial charge >= 0.3 is 0 Å². The fraction of sp³-hybridized carbons (Fsp3) is 0.438. The number of halogens is 1. The molecule has 1 aromatic rings. The Balaban J connectivity index is 2.16. The topological polar surface area (TPSA) is 49.8 Å². The molecule has 1 fully saturated rings. The zero-order chi connectivity index (χ0) is 15.4. The first-order valence-electron chi connectivity index (χ1n) is 7.00. The molecule has 5 heteroatoms. The molecular formula is C16H20FNO3. The van der Waals surface area contributed by atoms with Crippen LogP contribution in [0, 0.1) is 5.82 Å². The molecule has 1 aliphatic rings. The number of carbonyl (C=O) groups excluding carboxylic acids is 1. The number of likely N-dealkylation sites (tertiary alicyclic amines) is 1. The first-order valence-corrected chi connectivity index (χ1v) is 7.00. The van der Waals surface area contributed by atoms with Crippen LogP contribution in [0.15, 0.2) is 23.8 Å². The van der Waals surface area contributed by atoms with Gasteiger partial charge in [0.25, 0.3) is 0 Å². The zero-order valence-electron chi connectivity index (χ0n) is 12.3. The van der Waals surface area contributed by atoms with Gasteiger partial charge in [-0.05, 0) is 43.5 Å². The average molecular weight is 293 g/mol. The van der Waals surface area contributed by atoms with E-state index < -0.39 is 5.82 Å². The van der Waals surface area contributed by atoms with Gasteiger partial charge in [0.2, 0.25) is 5.91 Å². The van der Waals surface area contributed by atoms with E-state index in [1.54, 1.807) is 24.0 Å². The molecule has 0 radical (unpaired) electrons. The Morgan fingerprint density at radius 1 is 1.57 bits per heavy atom. The summed E-state index contributed by atoms with van der Waals surface area (Å²) in [6.45, 7) is 2.35. The number of methoxy groups -OCH3 is 1. The highest BCUT2D eigenvalue weighted by Crippen LogP contribution is 2.22. The van der Waals surface area contributed by atoms with Crippen LogP contribution >= 0.6 is 0 Å². The Bertz CT molecular complexity index is 556. The van der Waals surface area contributed by atoms with Gasteiger partial charge in [-0.3, -0.25) is 4.79 Å². The standard InChI is InChI=1S/C16H20FNO3/c1-11(16(20)18-7-3-4-13(18)10-19)8-12-5-6-15(21-2)14(17)9-12/h5-6,8-9,13,19H,3-4,7,10H2,1-2H3/b11-8-. The van der Waals surface area contributed by atoms with Gasteiger partial charge in [0.05, 0.1) is 19.8 Å². The number of aliphatic hydroxyl groups excluding tert-OH is 1. The zero-order valence-corrected chi connectivity index (χ0v) is 12.3. The van der Waals surface area contributed by atoms with E-state index in [9.17, 15) is 14.3 Å². The van der Waals surface area contributed by atoms with Gasteiger partial charge in [0, 0.05) is 12.1 Å². The number of carbonyl (C=O) groups is 1. The van der Waals surface area contributed by atoms with Crippen LogP contribution in [0.25, 0.3) is 6.08 Å². The van der Waals surface area contributed by atoms with E-state index in [4.69, 9.17) is 4.74 Å². The third-order valence-electron chi connectivity index (χ3n) is 3.75. The lowest BCUT2D eigenvalue weighted by molar-refractivity contribution is -0.128. The molecule has 0 aliphatic carbocycles. The van der Waals surface area contributed by atoms with E-state index in [2.05, 4.69) is 0 Å². The molecule has 1 unspecified atom stereocenters. The maximum Gasteiger partial charge on any atom is 0.249 e. The van der Waals surface area contributed by atoms with E-state index in [1.807, 2.05) is 0 Å². The Morgan fingerprint density at radius 3 is 2.95 bits per heavy atom. The first kappa shape index (κ1) is 15.5. The highest BCUT2D eigenvalue weighted by Gasteiger charge is 2.28. The average Bonchev–Trinajstić information content (AvgIpc) is 2.95. The smallest absolute Gasteiger partial charge is 0.249 e. The number of benzene rings is 1. The van der Waals surface area contributed by atoms with Crippen LogP contribution in [0.4, 0.5) is 4.39 Å². The van der Waals surface area contributed by atoms with Gasteiger partial charge in [-0.2, -0.15) is 0 Å². The van der Waals surface area contributed by atoms with Gasteiger partial charge in [0.1, 0.15) is 0 Å². The van der Waals surface area contributed by atoms with Crippen LogP contribution < -0.4 is 4.74 Å². The summed E-state index contributed by atoms with van der Waals surface area (Å²) < 4.78 is 18.5. The van der Waals surface area contributed by atoms with Crippen molar-refractivity contribution < 1.29 is 19.0 Å². The molecule has 1 saturated heterocycles. The van der Waals surface area contributed by atoms with Crippen molar-refractivity contribution in [3.8, 4) is 5.75 Å². The number of hydrogen-bond acceptors (Lipinski definition) is 3. The summed E-state index contributed by atoms with van der Waals surface area (Å²) in [5, 5.41) is 9.27. The number of aliphatic hydroxyl groups is 1. The van der Waals surface area contributed by atoms with Crippen molar-refractivity contribution >= 4 is 12.0 Å². The Labute approximate surface area is 123 Å². The van der Waals surface area contributed by atoms with Crippen molar-refractivity contribution in [2.24, 2.45) is 0 Å². The molecule has 1 aromatic carbocycles. The summed E-state index contributed by atoms with van der Waals surface area (Å²) in [7, 11) is 1.41. The summed E-state index contributed by atoms with van der Waals surface area (Å²) in [4.78, 5) is 14.0. The normalized spacial score (nSPS) is 19.0. The highest BCUT2D eigenvalue weighted by molar-refractivity contribution is 5.97. The maximum absolute atomic E-state index is 13.6. The van der Waals surface area contributed by atoms with Crippen LogP contribution in [-0.4, -0.2) is 42.2 Å². The largest absolute Gasteiger partial charge is 0.494 e. The van der Waals surface area contributed by atoms with E-state index >= 15 is 0 Å². The van der Waals surface area contributed by atoms with E-state index in [1.165, 1.54) is 19.2 Å². The summed E-state index contributed by atoms with van der Waals surface area (Å²) in [5.41, 5.74) is 1.14. The number of ether oxygens (including phenoxy) is 1. The van der Waals surface area contributed by atoms with Crippen LogP contribution in [0.3, 0.4) is 0 Å². The summed E-state index contributed by atoms with van der Waals surface area (Å²) in [6, 6.07) is 4.47. The fourth-order valence-electron chi connectivity index (χ4n) is 2.60. The fourth-order valence-corrected chi connectivity index (χ4v) is 2.60. The van der Waals surface area contributed by atoms with Crippen molar-refractivity contribution in [3.05, 3.63) is 35.2 Å². The third kappa shape index (κ3) is 3.42.